The van der Waals surface area contributed by atoms with Gasteiger partial charge in [-0.2, -0.15) is 0 Å². The second-order valence-electron chi connectivity index (χ2n) is 8.94. The molecule has 6 nitrogen and oxygen atoms in total. The first-order valence-corrected chi connectivity index (χ1v) is 11.6. The largest absolute Gasteiger partial charge is 1.00 e. The molecular weight excluding hydrogens is 548 g/mol. The van der Waals surface area contributed by atoms with Crippen molar-refractivity contribution < 1.29 is 31.1 Å². The number of amides is 1. The minimum absolute atomic E-state index is 0. The van der Waals surface area contributed by atoms with E-state index in [1.54, 1.807) is 0 Å². The number of benzene rings is 2. The molecule has 0 N–H and O–H groups in total. The van der Waals surface area contributed by atoms with Gasteiger partial charge in [-0.25, -0.2) is 9.13 Å². The number of halogens is 2. The number of nitrogens with zero attached hydrogens (tertiary/aromatic N) is 4. The number of imidazole rings is 1. The van der Waals surface area contributed by atoms with Gasteiger partial charge in [0.25, 0.3) is 5.91 Å². The minimum Gasteiger partial charge on any atom is -1.00 e. The predicted molar refractivity (Wildman–Crippen MR) is 125 cm³/mol. The molecule has 1 saturated heterocycles. The third-order valence-corrected chi connectivity index (χ3v) is 7.41. The van der Waals surface area contributed by atoms with Crippen LogP contribution >= 0.6 is 15.9 Å². The Labute approximate surface area is 212 Å². The number of likely N-dealkylation sites (N-methyl/N-ethyl adjacent to an activating group) is 1. The van der Waals surface area contributed by atoms with Crippen molar-refractivity contribution in [2.24, 2.45) is 0 Å². The molecule has 0 radical (unpaired) electrons. The van der Waals surface area contributed by atoms with Crippen LogP contribution in [-0.4, -0.2) is 40.9 Å². The number of hydrogen-bond donors (Lipinski definition) is 0. The van der Waals surface area contributed by atoms with Gasteiger partial charge in [0.1, 0.15) is 18.6 Å². The van der Waals surface area contributed by atoms with Gasteiger partial charge in [0, 0.05) is 34.7 Å². The highest BCUT2D eigenvalue weighted by atomic mass is 79.9. The maximum Gasteiger partial charge on any atom is 0.266 e. The second-order valence-corrected chi connectivity index (χ2v) is 9.86. The van der Waals surface area contributed by atoms with Crippen molar-refractivity contribution >= 4 is 33.3 Å². The molecule has 3 aromatic rings. The third kappa shape index (κ3) is 4.15. The molecule has 2 unspecified atom stereocenters. The smallest absolute Gasteiger partial charge is 0.266 e. The molecule has 2 aromatic carbocycles. The lowest BCUT2D eigenvalue weighted by Crippen LogP contribution is -3.00. The highest BCUT2D eigenvalue weighted by molar-refractivity contribution is 9.10. The molecule has 1 amide bonds. The minimum atomic E-state index is -0.0469. The number of hydrogen-bond acceptors (Lipinski definition) is 3. The summed E-state index contributed by atoms with van der Waals surface area (Å²) in [6.07, 6.45) is 6.52. The summed E-state index contributed by atoms with van der Waals surface area (Å²) in [5.74, 6) is 0.132. The molecule has 0 aliphatic carbocycles. The SMILES string of the molecule is CN1c2ccccc2C2(C)CCN(C(=O)Cn3cc[n+](CC(=O)c4ccc(Br)cc4)c3)C12.[Br-]. The predicted octanol–water partition coefficient (Wildman–Crippen LogP) is 0.391. The van der Waals surface area contributed by atoms with E-state index in [2.05, 4.69) is 59.1 Å². The topological polar surface area (TPSA) is 49.4 Å². The summed E-state index contributed by atoms with van der Waals surface area (Å²) in [6.45, 7) is 3.52. The number of aromatic nitrogens is 2. The molecule has 1 aromatic heterocycles. The van der Waals surface area contributed by atoms with E-state index in [1.807, 2.05) is 57.0 Å². The number of carbonyl (C=O) groups excluding carboxylic acids is 2. The van der Waals surface area contributed by atoms with Gasteiger partial charge < -0.3 is 26.8 Å². The summed E-state index contributed by atoms with van der Waals surface area (Å²) in [4.78, 5) is 30.1. The summed E-state index contributed by atoms with van der Waals surface area (Å²) >= 11 is 3.39. The van der Waals surface area contributed by atoms with Crippen molar-refractivity contribution in [2.45, 2.75) is 38.0 Å². The highest BCUT2D eigenvalue weighted by Gasteiger charge is 2.54. The van der Waals surface area contributed by atoms with Gasteiger partial charge in [0.2, 0.25) is 12.1 Å². The van der Waals surface area contributed by atoms with Gasteiger partial charge in [-0.15, -0.1) is 0 Å². The Morgan fingerprint density at radius 1 is 1.15 bits per heavy atom. The number of anilines is 1. The fourth-order valence-corrected chi connectivity index (χ4v) is 5.55. The third-order valence-electron chi connectivity index (χ3n) is 6.88. The highest BCUT2D eigenvalue weighted by Crippen LogP contribution is 2.51. The van der Waals surface area contributed by atoms with Crippen LogP contribution in [0.15, 0.2) is 71.7 Å². The monoisotopic (exact) mass is 572 g/mol. The first-order valence-electron chi connectivity index (χ1n) is 10.8. The summed E-state index contributed by atoms with van der Waals surface area (Å²) in [5, 5.41) is 0. The van der Waals surface area contributed by atoms with Crippen LogP contribution in [-0.2, 0) is 23.3 Å². The summed E-state index contributed by atoms with van der Waals surface area (Å²) in [7, 11) is 2.08. The zero-order chi connectivity index (χ0) is 22.5. The maximum absolute atomic E-state index is 13.3. The molecule has 0 spiro atoms. The van der Waals surface area contributed by atoms with Crippen molar-refractivity contribution in [1.29, 1.82) is 0 Å². The Bertz CT molecular complexity index is 1190. The quantitative estimate of drug-likeness (QED) is 0.328. The van der Waals surface area contributed by atoms with Crippen LogP contribution in [0.5, 0.6) is 0 Å². The molecule has 1 fully saturated rings. The van der Waals surface area contributed by atoms with E-state index in [9.17, 15) is 9.59 Å². The van der Waals surface area contributed by atoms with Crippen molar-refractivity contribution in [3.63, 3.8) is 0 Å². The van der Waals surface area contributed by atoms with E-state index in [-0.39, 0.29) is 53.3 Å². The van der Waals surface area contributed by atoms with Gasteiger partial charge in [0.05, 0.1) is 0 Å². The van der Waals surface area contributed by atoms with Crippen LogP contribution < -0.4 is 26.4 Å². The van der Waals surface area contributed by atoms with E-state index in [0.717, 1.165) is 17.4 Å². The van der Waals surface area contributed by atoms with Crippen LogP contribution in [0.25, 0.3) is 0 Å². The normalized spacial score (nSPS) is 20.9. The molecule has 8 heteroatoms. The number of likely N-dealkylation sites (tertiary alicyclic amines) is 1. The van der Waals surface area contributed by atoms with Gasteiger partial charge in [-0.05, 0) is 30.2 Å². The van der Waals surface area contributed by atoms with Gasteiger partial charge in [-0.1, -0.05) is 53.2 Å². The lowest BCUT2D eigenvalue weighted by Gasteiger charge is -2.34. The molecule has 172 valence electrons. The zero-order valence-electron chi connectivity index (χ0n) is 18.6. The molecule has 0 bridgehead atoms. The summed E-state index contributed by atoms with van der Waals surface area (Å²) in [5.41, 5.74) is 3.16. The number of rotatable bonds is 5. The second kappa shape index (κ2) is 9.06. The average molecular weight is 574 g/mol. The lowest BCUT2D eigenvalue weighted by atomic mass is 9.81. The van der Waals surface area contributed by atoms with Crippen LogP contribution in [0.4, 0.5) is 5.69 Å². The van der Waals surface area contributed by atoms with E-state index < -0.39 is 0 Å². The molecule has 0 saturated carbocycles. The molecule has 2 aliphatic rings. The van der Waals surface area contributed by atoms with Gasteiger partial charge in [-0.3, -0.25) is 9.59 Å². The van der Waals surface area contributed by atoms with E-state index in [0.29, 0.717) is 5.56 Å². The molecule has 5 rings (SSSR count). The Kier molecular flexibility index (Phi) is 6.51. The van der Waals surface area contributed by atoms with Crippen molar-refractivity contribution in [2.75, 3.05) is 18.5 Å². The Hall–Kier alpha value is -2.45. The fraction of sp³-hybridized carbons (Fsp3) is 0.320. The first kappa shape index (κ1) is 23.7. The Balaban J connectivity index is 0.00000259. The average Bonchev–Trinajstić information content (AvgIpc) is 3.43. The van der Waals surface area contributed by atoms with E-state index in [4.69, 9.17) is 0 Å². The molecular formula is C25H26Br2N4O2. The standard InChI is InChI=1S/C25H26BrN4O2.BrH/c1-25-11-12-30(24(25)27(2)21-6-4-3-5-20(21)25)23(32)16-29-14-13-28(17-29)15-22(31)18-7-9-19(26)10-8-18;/h3-10,13-14,17,24H,11-12,15-16H2,1-2H3;1H/q+1;/p-1. The lowest BCUT2D eigenvalue weighted by molar-refractivity contribution is -0.682. The van der Waals surface area contributed by atoms with Crippen LogP contribution in [0.2, 0.25) is 0 Å². The number of ketones is 1. The molecule has 2 atom stereocenters. The number of Topliss-reactive ketones (excluding diaryl/α,β-unsaturated/α-hetero) is 1. The van der Waals surface area contributed by atoms with Crippen LogP contribution in [0.3, 0.4) is 0 Å². The van der Waals surface area contributed by atoms with Crippen LogP contribution in [0, 0.1) is 0 Å². The first-order chi connectivity index (χ1) is 15.4. The summed E-state index contributed by atoms with van der Waals surface area (Å²) in [6, 6.07) is 15.8. The van der Waals surface area contributed by atoms with Crippen molar-refractivity contribution in [3.8, 4) is 0 Å². The van der Waals surface area contributed by atoms with Gasteiger partial charge in [0.15, 0.2) is 13.1 Å². The Morgan fingerprint density at radius 2 is 1.88 bits per heavy atom. The molecule has 33 heavy (non-hydrogen) atoms. The van der Waals surface area contributed by atoms with E-state index >= 15 is 0 Å². The van der Waals surface area contributed by atoms with Gasteiger partial charge >= 0.3 is 0 Å². The summed E-state index contributed by atoms with van der Waals surface area (Å²) < 4.78 is 4.62. The Morgan fingerprint density at radius 3 is 2.64 bits per heavy atom. The van der Waals surface area contributed by atoms with Crippen molar-refractivity contribution in [3.05, 3.63) is 82.9 Å². The molecule has 2 aliphatic heterocycles. The number of para-hydroxylation sites is 1. The van der Waals surface area contributed by atoms with Crippen LogP contribution in [0.1, 0.15) is 29.3 Å². The number of carbonyl (C=O) groups is 2. The number of fused-ring (bicyclic) bond motifs is 3. The molecule has 3 heterocycles. The van der Waals surface area contributed by atoms with Crippen molar-refractivity contribution in [1.82, 2.24) is 9.47 Å². The van der Waals surface area contributed by atoms with E-state index in [1.165, 1.54) is 11.3 Å². The zero-order valence-corrected chi connectivity index (χ0v) is 21.8. The fourth-order valence-electron chi connectivity index (χ4n) is 5.28. The maximum atomic E-state index is 13.3.